The molecule has 0 radical (unpaired) electrons. The summed E-state index contributed by atoms with van der Waals surface area (Å²) in [6.07, 6.45) is 16.3. The molecule has 28 heavy (non-hydrogen) atoms. The van der Waals surface area contributed by atoms with E-state index >= 15 is 0 Å². The van der Waals surface area contributed by atoms with Gasteiger partial charge in [0.1, 0.15) is 5.75 Å². The van der Waals surface area contributed by atoms with Crippen molar-refractivity contribution in [3.63, 3.8) is 0 Å². The lowest BCUT2D eigenvalue weighted by molar-refractivity contribution is 0.148. The molecule has 1 atom stereocenters. The minimum Gasteiger partial charge on any atom is -0.393 e. The Kier molecular flexibility index (Phi) is 13.2. The van der Waals surface area contributed by atoms with Gasteiger partial charge in [0, 0.05) is 0 Å². The highest BCUT2D eigenvalue weighted by atomic mass is 32.2. The first-order chi connectivity index (χ1) is 13.4. The number of hydrogen-bond donors (Lipinski definition) is 2. The smallest absolute Gasteiger partial charge is 0.380 e. The minimum absolute atomic E-state index is 0.215. The van der Waals surface area contributed by atoms with E-state index in [1.807, 2.05) is 12.1 Å². The zero-order valence-corrected chi connectivity index (χ0v) is 18.3. The summed E-state index contributed by atoms with van der Waals surface area (Å²) in [5.41, 5.74) is 1.09. The van der Waals surface area contributed by atoms with E-state index in [0.717, 1.165) is 37.7 Å². The normalized spacial score (nSPS) is 12.8. The monoisotopic (exact) mass is 413 g/mol. The maximum Gasteiger partial charge on any atom is 0.380 e. The van der Waals surface area contributed by atoms with Crippen LogP contribution in [0, 0.1) is 0 Å². The van der Waals surface area contributed by atoms with Gasteiger partial charge in [-0.1, -0.05) is 83.3 Å². The lowest BCUT2D eigenvalue weighted by atomic mass is 10.0. The molecule has 1 aromatic rings. The van der Waals surface area contributed by atoms with E-state index in [0.29, 0.717) is 0 Å². The van der Waals surface area contributed by atoms with Crippen LogP contribution in [-0.2, 0) is 16.7 Å². The molecule has 5 nitrogen and oxygen atoms in total. The number of aliphatic hydroxyl groups excluding tert-OH is 1. The maximum absolute atomic E-state index is 10.9. The van der Waals surface area contributed by atoms with E-state index in [2.05, 4.69) is 11.1 Å². The molecule has 0 saturated carbocycles. The van der Waals surface area contributed by atoms with E-state index in [4.69, 9.17) is 5.14 Å². The number of benzene rings is 1. The van der Waals surface area contributed by atoms with Crippen molar-refractivity contribution in [3.8, 4) is 5.75 Å². The van der Waals surface area contributed by atoms with Gasteiger partial charge >= 0.3 is 10.3 Å². The van der Waals surface area contributed by atoms with Gasteiger partial charge in [0.15, 0.2) is 0 Å². The summed E-state index contributed by atoms with van der Waals surface area (Å²) in [5.74, 6) is 0.215. The molecule has 1 aromatic carbocycles. The molecule has 0 aliphatic carbocycles. The van der Waals surface area contributed by atoms with Crippen molar-refractivity contribution in [1.82, 2.24) is 0 Å². The Bertz CT molecular complexity index is 601. The van der Waals surface area contributed by atoms with Crippen LogP contribution in [0.1, 0.15) is 96.0 Å². The third kappa shape index (κ3) is 14.0. The summed E-state index contributed by atoms with van der Waals surface area (Å²) in [6.45, 7) is 2.25. The van der Waals surface area contributed by atoms with Crippen molar-refractivity contribution in [3.05, 3.63) is 29.8 Å². The highest BCUT2D eigenvalue weighted by Crippen LogP contribution is 2.17. The van der Waals surface area contributed by atoms with Gasteiger partial charge in [-0.05, 0) is 43.4 Å². The summed E-state index contributed by atoms with van der Waals surface area (Å²) in [6, 6.07) is 6.85. The average molecular weight is 414 g/mol. The van der Waals surface area contributed by atoms with Crippen LogP contribution in [0.5, 0.6) is 5.75 Å². The van der Waals surface area contributed by atoms with Crippen molar-refractivity contribution in [1.29, 1.82) is 0 Å². The van der Waals surface area contributed by atoms with Gasteiger partial charge < -0.3 is 9.29 Å². The second-order valence-electron chi connectivity index (χ2n) is 7.74. The van der Waals surface area contributed by atoms with Gasteiger partial charge in [-0.25, -0.2) is 0 Å². The van der Waals surface area contributed by atoms with Crippen LogP contribution in [0.15, 0.2) is 24.3 Å². The van der Waals surface area contributed by atoms with Crippen molar-refractivity contribution < 1.29 is 17.7 Å². The van der Waals surface area contributed by atoms with E-state index in [-0.39, 0.29) is 11.9 Å². The molecule has 0 spiro atoms. The van der Waals surface area contributed by atoms with Gasteiger partial charge in [0.05, 0.1) is 6.10 Å². The van der Waals surface area contributed by atoms with E-state index < -0.39 is 10.3 Å². The standard InChI is InChI=1S/C22H39NO4S/c1-2-3-4-5-6-7-8-9-10-11-14-21(24)15-12-13-20-16-18-22(19-17-20)27-28(23,25)26/h16-19,21,24H,2-15H2,1H3,(H2,23,25,26). The fourth-order valence-corrected chi connectivity index (χ4v) is 3.78. The number of unbranched alkanes of at least 4 members (excludes halogenated alkanes) is 9. The van der Waals surface area contributed by atoms with Crippen LogP contribution in [0.2, 0.25) is 0 Å². The van der Waals surface area contributed by atoms with Crippen LogP contribution in [0.3, 0.4) is 0 Å². The van der Waals surface area contributed by atoms with Crippen LogP contribution in [-0.4, -0.2) is 19.6 Å². The molecule has 6 heteroatoms. The Balaban J connectivity index is 2.01. The van der Waals surface area contributed by atoms with Gasteiger partial charge in [0.2, 0.25) is 0 Å². The first kappa shape index (κ1) is 24.9. The number of nitrogens with two attached hydrogens (primary N) is 1. The van der Waals surface area contributed by atoms with Gasteiger partial charge in [0.25, 0.3) is 0 Å². The third-order valence-electron chi connectivity index (χ3n) is 5.03. The molecule has 0 heterocycles. The van der Waals surface area contributed by atoms with E-state index in [1.54, 1.807) is 12.1 Å². The second kappa shape index (κ2) is 14.8. The Hall–Kier alpha value is -1.11. The quantitative estimate of drug-likeness (QED) is 0.341. The Morgan fingerprint density at radius 1 is 0.857 bits per heavy atom. The lowest BCUT2D eigenvalue weighted by Crippen LogP contribution is -2.18. The number of aryl methyl sites for hydroxylation is 1. The topological polar surface area (TPSA) is 89.6 Å². The van der Waals surface area contributed by atoms with Crippen LogP contribution in [0.4, 0.5) is 0 Å². The Morgan fingerprint density at radius 2 is 1.36 bits per heavy atom. The van der Waals surface area contributed by atoms with E-state index in [9.17, 15) is 13.5 Å². The highest BCUT2D eigenvalue weighted by molar-refractivity contribution is 7.84. The molecule has 0 aromatic heterocycles. The molecular formula is C22H39NO4S. The summed E-state index contributed by atoms with van der Waals surface area (Å²) >= 11 is 0. The molecule has 0 fully saturated rings. The summed E-state index contributed by atoms with van der Waals surface area (Å²) in [5, 5.41) is 15.0. The molecule has 0 aliphatic rings. The second-order valence-corrected chi connectivity index (χ2v) is 8.89. The van der Waals surface area contributed by atoms with Crippen LogP contribution < -0.4 is 9.32 Å². The van der Waals surface area contributed by atoms with Gasteiger partial charge in [-0.15, -0.1) is 0 Å². The average Bonchev–Trinajstić information content (AvgIpc) is 2.63. The predicted molar refractivity (Wildman–Crippen MR) is 116 cm³/mol. The molecule has 1 unspecified atom stereocenters. The van der Waals surface area contributed by atoms with E-state index in [1.165, 1.54) is 57.8 Å². The molecule has 0 saturated heterocycles. The third-order valence-corrected chi connectivity index (χ3v) is 5.45. The fourth-order valence-electron chi connectivity index (χ4n) is 3.40. The van der Waals surface area contributed by atoms with Crippen molar-refractivity contribution in [2.45, 2.75) is 103 Å². The maximum atomic E-state index is 10.9. The van der Waals surface area contributed by atoms with Gasteiger partial charge in [-0.3, -0.25) is 0 Å². The zero-order chi connectivity index (χ0) is 20.7. The molecule has 0 amide bonds. The largest absolute Gasteiger partial charge is 0.393 e. The molecular weight excluding hydrogens is 374 g/mol. The number of hydrogen-bond acceptors (Lipinski definition) is 4. The first-order valence-corrected chi connectivity index (χ1v) is 12.4. The predicted octanol–water partition coefficient (Wildman–Crippen LogP) is 5.26. The summed E-state index contributed by atoms with van der Waals surface area (Å²) in [4.78, 5) is 0. The summed E-state index contributed by atoms with van der Waals surface area (Å²) < 4.78 is 26.3. The van der Waals surface area contributed by atoms with Gasteiger partial charge in [-0.2, -0.15) is 13.6 Å². The summed E-state index contributed by atoms with van der Waals surface area (Å²) in [7, 11) is -3.97. The van der Waals surface area contributed by atoms with Crippen LogP contribution in [0.25, 0.3) is 0 Å². The minimum atomic E-state index is -3.97. The van der Waals surface area contributed by atoms with Crippen molar-refractivity contribution >= 4 is 10.3 Å². The zero-order valence-electron chi connectivity index (χ0n) is 17.4. The lowest BCUT2D eigenvalue weighted by Gasteiger charge is -2.10. The van der Waals surface area contributed by atoms with Crippen LogP contribution >= 0.6 is 0 Å². The Morgan fingerprint density at radius 3 is 1.89 bits per heavy atom. The number of aliphatic hydroxyl groups is 1. The van der Waals surface area contributed by atoms with Crippen molar-refractivity contribution in [2.24, 2.45) is 5.14 Å². The molecule has 0 bridgehead atoms. The molecule has 3 N–H and O–H groups in total. The number of rotatable bonds is 17. The Labute approximate surface area is 171 Å². The SMILES string of the molecule is CCCCCCCCCCCCC(O)CCCc1ccc(OS(N)(=O)=O)cc1. The first-order valence-electron chi connectivity index (χ1n) is 10.9. The molecule has 1 rings (SSSR count). The van der Waals surface area contributed by atoms with Crippen molar-refractivity contribution in [2.75, 3.05) is 0 Å². The molecule has 162 valence electrons. The fraction of sp³-hybridized carbons (Fsp3) is 0.727. The molecule has 0 aliphatic heterocycles. The highest BCUT2D eigenvalue weighted by Gasteiger charge is 2.06.